The number of pyridine rings is 1. The van der Waals surface area contributed by atoms with Crippen molar-refractivity contribution in [3.63, 3.8) is 0 Å². The lowest BCUT2D eigenvalue weighted by molar-refractivity contribution is 0.310. The maximum absolute atomic E-state index is 5.85. The Morgan fingerprint density at radius 3 is 2.67 bits per heavy atom. The molecule has 4 nitrogen and oxygen atoms in total. The second-order valence-electron chi connectivity index (χ2n) is 4.54. The first kappa shape index (κ1) is 15.4. The first-order valence-electron chi connectivity index (χ1n) is 6.80. The number of aryl methyl sites for hydroxylation is 1. The van der Waals surface area contributed by atoms with E-state index in [0.29, 0.717) is 18.3 Å². The van der Waals surface area contributed by atoms with Crippen molar-refractivity contribution in [1.29, 1.82) is 0 Å². The highest BCUT2D eigenvalue weighted by molar-refractivity contribution is 6.29. The molecule has 0 atom stereocenters. The van der Waals surface area contributed by atoms with Crippen molar-refractivity contribution in [2.75, 3.05) is 19.0 Å². The van der Waals surface area contributed by atoms with Gasteiger partial charge in [0.05, 0.1) is 25.1 Å². The molecule has 0 radical (unpaired) electrons. The smallest absolute Gasteiger partial charge is 0.161 e. The van der Waals surface area contributed by atoms with Crippen molar-refractivity contribution in [3.05, 3.63) is 46.7 Å². The van der Waals surface area contributed by atoms with Crippen LogP contribution in [-0.4, -0.2) is 18.7 Å². The van der Waals surface area contributed by atoms with E-state index in [4.69, 9.17) is 21.1 Å². The number of benzene rings is 1. The van der Waals surface area contributed by atoms with Crippen LogP contribution in [0.1, 0.15) is 18.2 Å². The molecule has 2 rings (SSSR count). The number of nitrogens with one attached hydrogen (secondary N) is 1. The van der Waals surface area contributed by atoms with E-state index in [0.717, 1.165) is 28.4 Å². The normalized spacial score (nSPS) is 10.3. The Morgan fingerprint density at radius 2 is 2.00 bits per heavy atom. The molecule has 5 heteroatoms. The largest absolute Gasteiger partial charge is 0.493 e. The fourth-order valence-corrected chi connectivity index (χ4v) is 2.20. The predicted molar refractivity (Wildman–Crippen MR) is 85.5 cm³/mol. The number of hydrogen-bond acceptors (Lipinski definition) is 4. The van der Waals surface area contributed by atoms with E-state index < -0.39 is 0 Å². The summed E-state index contributed by atoms with van der Waals surface area (Å²) in [6, 6.07) is 9.61. The minimum Gasteiger partial charge on any atom is -0.493 e. The van der Waals surface area contributed by atoms with Crippen molar-refractivity contribution in [2.45, 2.75) is 20.4 Å². The van der Waals surface area contributed by atoms with E-state index in [-0.39, 0.29) is 0 Å². The molecule has 0 aliphatic rings. The Kier molecular flexibility index (Phi) is 5.28. The molecule has 0 unspecified atom stereocenters. The molecule has 0 amide bonds. The molecule has 0 aliphatic heterocycles. The van der Waals surface area contributed by atoms with Gasteiger partial charge in [-0.3, -0.25) is 0 Å². The molecule has 1 aromatic heterocycles. The minimum atomic E-state index is 0.501. The zero-order valence-corrected chi connectivity index (χ0v) is 13.2. The van der Waals surface area contributed by atoms with Gasteiger partial charge in [0, 0.05) is 6.54 Å². The van der Waals surface area contributed by atoms with E-state index >= 15 is 0 Å². The summed E-state index contributed by atoms with van der Waals surface area (Å²) in [5.74, 6) is 1.50. The van der Waals surface area contributed by atoms with Crippen LogP contribution in [0.15, 0.2) is 30.3 Å². The quantitative estimate of drug-likeness (QED) is 0.817. The van der Waals surface area contributed by atoms with Crippen LogP contribution in [-0.2, 0) is 6.54 Å². The fraction of sp³-hybridized carbons (Fsp3) is 0.312. The summed E-state index contributed by atoms with van der Waals surface area (Å²) in [7, 11) is 1.64. The lowest BCUT2D eigenvalue weighted by Gasteiger charge is -2.13. The standard InChI is InChI=1S/C16H19ClN2O2/c1-4-21-14-7-5-12(9-15(14)20-3)10-18-13-6-8-16(17)19-11(13)2/h5-9,18H,4,10H2,1-3H3. The lowest BCUT2D eigenvalue weighted by Crippen LogP contribution is -2.03. The summed E-state index contributed by atoms with van der Waals surface area (Å²) in [6.45, 7) is 5.16. The van der Waals surface area contributed by atoms with Gasteiger partial charge in [0.25, 0.3) is 0 Å². The molecule has 112 valence electrons. The van der Waals surface area contributed by atoms with Crippen molar-refractivity contribution in [1.82, 2.24) is 4.98 Å². The molecular formula is C16H19ClN2O2. The Morgan fingerprint density at radius 1 is 1.19 bits per heavy atom. The molecule has 0 aliphatic carbocycles. The van der Waals surface area contributed by atoms with E-state index in [2.05, 4.69) is 10.3 Å². The minimum absolute atomic E-state index is 0.501. The number of nitrogens with zero attached hydrogens (tertiary/aromatic N) is 1. The topological polar surface area (TPSA) is 43.4 Å². The highest BCUT2D eigenvalue weighted by atomic mass is 35.5. The summed E-state index contributed by atoms with van der Waals surface area (Å²) in [4.78, 5) is 4.22. The third-order valence-electron chi connectivity index (χ3n) is 3.06. The molecule has 0 spiro atoms. The highest BCUT2D eigenvalue weighted by Gasteiger charge is 2.06. The van der Waals surface area contributed by atoms with Crippen molar-refractivity contribution in [3.8, 4) is 11.5 Å². The highest BCUT2D eigenvalue weighted by Crippen LogP contribution is 2.28. The summed E-state index contributed by atoms with van der Waals surface area (Å²) >= 11 is 5.85. The average molecular weight is 307 g/mol. The van der Waals surface area contributed by atoms with Gasteiger partial charge in [-0.25, -0.2) is 4.98 Å². The molecular weight excluding hydrogens is 288 g/mol. The lowest BCUT2D eigenvalue weighted by atomic mass is 10.2. The van der Waals surface area contributed by atoms with Crippen LogP contribution in [0.4, 0.5) is 5.69 Å². The van der Waals surface area contributed by atoms with Crippen LogP contribution in [0.25, 0.3) is 0 Å². The van der Waals surface area contributed by atoms with Gasteiger partial charge in [-0.1, -0.05) is 17.7 Å². The van der Waals surface area contributed by atoms with Crippen LogP contribution < -0.4 is 14.8 Å². The fourth-order valence-electron chi connectivity index (χ4n) is 2.01. The molecule has 2 aromatic rings. The van der Waals surface area contributed by atoms with Crippen molar-refractivity contribution >= 4 is 17.3 Å². The number of rotatable bonds is 6. The molecule has 0 saturated heterocycles. The maximum atomic E-state index is 5.85. The zero-order valence-electron chi connectivity index (χ0n) is 12.4. The van der Waals surface area contributed by atoms with Crippen LogP contribution >= 0.6 is 11.6 Å². The second kappa shape index (κ2) is 7.18. The maximum Gasteiger partial charge on any atom is 0.161 e. The molecule has 0 saturated carbocycles. The van der Waals surface area contributed by atoms with E-state index in [1.807, 2.05) is 38.1 Å². The summed E-state index contributed by atoms with van der Waals surface area (Å²) in [5.41, 5.74) is 2.94. The number of aromatic nitrogens is 1. The van der Waals surface area contributed by atoms with E-state index in [9.17, 15) is 0 Å². The van der Waals surface area contributed by atoms with Gasteiger partial charge in [-0.2, -0.15) is 0 Å². The van der Waals surface area contributed by atoms with Crippen LogP contribution in [0.3, 0.4) is 0 Å². The van der Waals surface area contributed by atoms with Gasteiger partial charge in [-0.15, -0.1) is 0 Å². The number of anilines is 1. The first-order valence-corrected chi connectivity index (χ1v) is 7.18. The molecule has 0 bridgehead atoms. The van der Waals surface area contributed by atoms with Crippen LogP contribution in [0.2, 0.25) is 5.15 Å². The zero-order chi connectivity index (χ0) is 15.2. The summed E-state index contributed by atoms with van der Waals surface area (Å²) in [5, 5.41) is 3.84. The van der Waals surface area contributed by atoms with Gasteiger partial charge in [0.2, 0.25) is 0 Å². The Labute approximate surface area is 130 Å². The van der Waals surface area contributed by atoms with Gasteiger partial charge >= 0.3 is 0 Å². The van der Waals surface area contributed by atoms with Crippen molar-refractivity contribution < 1.29 is 9.47 Å². The third kappa shape index (κ3) is 4.02. The van der Waals surface area contributed by atoms with Gasteiger partial charge < -0.3 is 14.8 Å². The summed E-state index contributed by atoms with van der Waals surface area (Å²) in [6.07, 6.45) is 0. The molecule has 1 heterocycles. The number of hydrogen-bond donors (Lipinski definition) is 1. The molecule has 0 fully saturated rings. The third-order valence-corrected chi connectivity index (χ3v) is 3.27. The molecule has 1 aromatic carbocycles. The van der Waals surface area contributed by atoms with Crippen molar-refractivity contribution in [2.24, 2.45) is 0 Å². The monoisotopic (exact) mass is 306 g/mol. The van der Waals surface area contributed by atoms with Gasteiger partial charge in [0.15, 0.2) is 11.5 Å². The van der Waals surface area contributed by atoms with Gasteiger partial charge in [-0.05, 0) is 43.7 Å². The Balaban J connectivity index is 2.09. The Bertz CT molecular complexity index is 617. The van der Waals surface area contributed by atoms with E-state index in [1.165, 1.54) is 0 Å². The second-order valence-corrected chi connectivity index (χ2v) is 4.93. The molecule has 1 N–H and O–H groups in total. The van der Waals surface area contributed by atoms with Crippen LogP contribution in [0, 0.1) is 6.92 Å². The predicted octanol–water partition coefficient (Wildman–Crippen LogP) is 4.06. The van der Waals surface area contributed by atoms with E-state index in [1.54, 1.807) is 13.2 Å². The number of methoxy groups -OCH3 is 1. The SMILES string of the molecule is CCOc1ccc(CNc2ccc(Cl)nc2C)cc1OC. The van der Waals surface area contributed by atoms with Crippen LogP contribution in [0.5, 0.6) is 11.5 Å². The Hall–Kier alpha value is -1.94. The molecule has 21 heavy (non-hydrogen) atoms. The number of ether oxygens (including phenoxy) is 2. The average Bonchev–Trinajstić information content (AvgIpc) is 2.47. The summed E-state index contributed by atoms with van der Waals surface area (Å²) < 4.78 is 10.9. The van der Waals surface area contributed by atoms with Gasteiger partial charge in [0.1, 0.15) is 5.15 Å². The first-order chi connectivity index (χ1) is 10.1. The number of halogens is 1.